The molecule has 0 heterocycles. The maximum absolute atomic E-state index is 5.25. The Hall–Kier alpha value is 0.537. The van der Waals surface area contributed by atoms with Gasteiger partial charge in [-0.3, -0.25) is 0 Å². The minimum absolute atomic E-state index is 0.516. The normalized spacial score (nSPS) is 12.0. The summed E-state index contributed by atoms with van der Waals surface area (Å²) in [5, 5.41) is 0.734. The summed E-state index contributed by atoms with van der Waals surface area (Å²) in [6, 6.07) is 0. The highest BCUT2D eigenvalue weighted by molar-refractivity contribution is 9.09. The quantitative estimate of drug-likeness (QED) is 0.511. The first kappa shape index (κ1) is 11.5. The van der Waals surface area contributed by atoms with Gasteiger partial charge in [0.25, 0.3) is 0 Å². The van der Waals surface area contributed by atoms with Gasteiger partial charge in [-0.25, -0.2) is 0 Å². The Balaban J connectivity index is 3.84. The molecule has 0 amide bonds. The van der Waals surface area contributed by atoms with Gasteiger partial charge in [0.1, 0.15) is 0 Å². The Morgan fingerprint density at radius 1 is 1.09 bits per heavy atom. The lowest BCUT2D eigenvalue weighted by molar-refractivity contribution is 0.0102. The SMILES string of the molecule is CO[Si](OC)(OC)OCCBr. The minimum Gasteiger partial charge on any atom is -0.355 e. The van der Waals surface area contributed by atoms with Gasteiger partial charge >= 0.3 is 9.05 Å². The van der Waals surface area contributed by atoms with E-state index in [0.717, 1.165) is 5.33 Å². The van der Waals surface area contributed by atoms with Crippen LogP contribution in [0.2, 0.25) is 0 Å². The van der Waals surface area contributed by atoms with Gasteiger partial charge in [-0.2, -0.15) is 0 Å². The molecule has 0 spiro atoms. The molecular formula is C5H13BrO4Si. The largest absolute Gasteiger partial charge is 0.678 e. The Morgan fingerprint density at radius 3 is 1.82 bits per heavy atom. The van der Waals surface area contributed by atoms with E-state index in [-0.39, 0.29) is 0 Å². The van der Waals surface area contributed by atoms with Crippen LogP contribution in [0.15, 0.2) is 0 Å². The average molecular weight is 245 g/mol. The fourth-order valence-electron chi connectivity index (χ4n) is 0.590. The van der Waals surface area contributed by atoms with Crippen LogP contribution in [-0.4, -0.2) is 42.3 Å². The predicted molar refractivity (Wildman–Crippen MR) is 46.5 cm³/mol. The average Bonchev–Trinajstić information content (AvgIpc) is 2.08. The topological polar surface area (TPSA) is 36.9 Å². The smallest absolute Gasteiger partial charge is 0.355 e. The number of rotatable bonds is 6. The molecule has 0 aromatic heterocycles. The zero-order valence-electron chi connectivity index (χ0n) is 6.93. The van der Waals surface area contributed by atoms with Crippen molar-refractivity contribution < 1.29 is 17.7 Å². The van der Waals surface area contributed by atoms with Crippen LogP contribution in [0.4, 0.5) is 0 Å². The third-order valence-electron chi connectivity index (χ3n) is 1.11. The van der Waals surface area contributed by atoms with E-state index in [1.54, 1.807) is 0 Å². The summed E-state index contributed by atoms with van der Waals surface area (Å²) in [6.45, 7) is 0.516. The molecule has 0 atom stereocenters. The highest BCUT2D eigenvalue weighted by Gasteiger charge is 2.41. The third kappa shape index (κ3) is 3.63. The van der Waals surface area contributed by atoms with Crippen molar-refractivity contribution in [3.8, 4) is 0 Å². The van der Waals surface area contributed by atoms with E-state index >= 15 is 0 Å². The summed E-state index contributed by atoms with van der Waals surface area (Å²) in [6.07, 6.45) is 0. The molecule has 0 aliphatic heterocycles. The van der Waals surface area contributed by atoms with E-state index in [1.807, 2.05) is 0 Å². The van der Waals surface area contributed by atoms with Gasteiger partial charge in [0.2, 0.25) is 0 Å². The number of hydrogen-bond acceptors (Lipinski definition) is 4. The summed E-state index contributed by atoms with van der Waals surface area (Å²) in [7, 11) is 1.75. The summed E-state index contributed by atoms with van der Waals surface area (Å²) in [4.78, 5) is 0. The predicted octanol–water partition coefficient (Wildman–Crippen LogP) is 0.773. The molecule has 0 saturated heterocycles. The molecule has 0 fully saturated rings. The molecule has 0 aromatic rings. The summed E-state index contributed by atoms with van der Waals surface area (Å²) in [5.74, 6) is 0. The highest BCUT2D eigenvalue weighted by Crippen LogP contribution is 2.07. The van der Waals surface area contributed by atoms with E-state index in [2.05, 4.69) is 15.9 Å². The minimum atomic E-state index is -2.77. The molecule has 0 radical (unpaired) electrons. The summed E-state index contributed by atoms with van der Waals surface area (Å²) in [5.41, 5.74) is 0. The first-order valence-electron chi connectivity index (χ1n) is 3.10. The van der Waals surface area contributed by atoms with Crippen molar-refractivity contribution >= 4 is 25.0 Å². The highest BCUT2D eigenvalue weighted by atomic mass is 79.9. The molecular weight excluding hydrogens is 232 g/mol. The molecule has 0 bridgehead atoms. The number of halogens is 1. The zero-order chi connectivity index (χ0) is 8.74. The van der Waals surface area contributed by atoms with Crippen molar-refractivity contribution in [1.82, 2.24) is 0 Å². The van der Waals surface area contributed by atoms with Gasteiger partial charge in [0, 0.05) is 26.7 Å². The van der Waals surface area contributed by atoms with E-state index in [9.17, 15) is 0 Å². The van der Waals surface area contributed by atoms with Crippen LogP contribution in [-0.2, 0) is 17.7 Å². The number of hydrogen-bond donors (Lipinski definition) is 0. The Bertz CT molecular complexity index is 90.2. The Kier molecular flexibility index (Phi) is 6.40. The lowest BCUT2D eigenvalue weighted by Crippen LogP contribution is -2.46. The molecule has 11 heavy (non-hydrogen) atoms. The van der Waals surface area contributed by atoms with Crippen molar-refractivity contribution in [2.24, 2.45) is 0 Å². The third-order valence-corrected chi connectivity index (χ3v) is 3.49. The standard InChI is InChI=1S/C5H13BrO4Si/c1-7-11(8-2,9-3)10-5-4-6/h4-5H2,1-3H3. The Morgan fingerprint density at radius 2 is 1.55 bits per heavy atom. The molecule has 0 saturated carbocycles. The van der Waals surface area contributed by atoms with Gasteiger partial charge < -0.3 is 17.7 Å². The lowest BCUT2D eigenvalue weighted by atomic mass is 10.9. The molecule has 4 nitrogen and oxygen atoms in total. The first-order valence-corrected chi connectivity index (χ1v) is 5.85. The molecule has 0 aliphatic carbocycles. The van der Waals surface area contributed by atoms with Gasteiger partial charge in [-0.1, -0.05) is 15.9 Å². The maximum atomic E-state index is 5.25. The molecule has 0 unspecified atom stereocenters. The first-order chi connectivity index (χ1) is 5.24. The molecule has 0 aromatic carbocycles. The van der Waals surface area contributed by atoms with Crippen molar-refractivity contribution in [1.29, 1.82) is 0 Å². The second-order valence-electron chi connectivity index (χ2n) is 1.65. The zero-order valence-corrected chi connectivity index (χ0v) is 9.51. The van der Waals surface area contributed by atoms with E-state index in [0.29, 0.717) is 6.61 Å². The van der Waals surface area contributed by atoms with Crippen LogP contribution in [0.5, 0.6) is 0 Å². The monoisotopic (exact) mass is 244 g/mol. The maximum Gasteiger partial charge on any atom is 0.678 e. The summed E-state index contributed by atoms with van der Waals surface area (Å²) >= 11 is 3.22. The van der Waals surface area contributed by atoms with Gasteiger partial charge in [-0.15, -0.1) is 0 Å². The molecule has 68 valence electrons. The molecule has 6 heteroatoms. The van der Waals surface area contributed by atoms with Crippen LogP contribution < -0.4 is 0 Å². The van der Waals surface area contributed by atoms with E-state index in [1.165, 1.54) is 21.3 Å². The van der Waals surface area contributed by atoms with Crippen molar-refractivity contribution in [2.75, 3.05) is 33.3 Å². The fraction of sp³-hybridized carbons (Fsp3) is 1.00. The van der Waals surface area contributed by atoms with Crippen LogP contribution in [0.3, 0.4) is 0 Å². The second-order valence-corrected chi connectivity index (χ2v) is 4.96. The van der Waals surface area contributed by atoms with Gasteiger partial charge in [0.15, 0.2) is 0 Å². The molecule has 0 N–H and O–H groups in total. The van der Waals surface area contributed by atoms with Crippen LogP contribution in [0.25, 0.3) is 0 Å². The van der Waals surface area contributed by atoms with Gasteiger partial charge in [0.05, 0.1) is 6.61 Å². The number of alkyl halides is 1. The van der Waals surface area contributed by atoms with Gasteiger partial charge in [-0.05, 0) is 0 Å². The van der Waals surface area contributed by atoms with Crippen LogP contribution in [0, 0.1) is 0 Å². The summed E-state index contributed by atoms with van der Waals surface area (Å²) < 4.78 is 20.2. The van der Waals surface area contributed by atoms with Crippen LogP contribution >= 0.6 is 15.9 Å². The van der Waals surface area contributed by atoms with Crippen molar-refractivity contribution in [3.63, 3.8) is 0 Å². The van der Waals surface area contributed by atoms with Crippen molar-refractivity contribution in [2.45, 2.75) is 0 Å². The van der Waals surface area contributed by atoms with Crippen LogP contribution in [0.1, 0.15) is 0 Å². The molecule has 0 aliphatic rings. The lowest BCUT2D eigenvalue weighted by Gasteiger charge is -2.22. The van der Waals surface area contributed by atoms with E-state index in [4.69, 9.17) is 17.7 Å². The Labute approximate surface area is 76.4 Å². The van der Waals surface area contributed by atoms with Crippen molar-refractivity contribution in [3.05, 3.63) is 0 Å². The fourth-order valence-corrected chi connectivity index (χ4v) is 2.26. The molecule has 0 rings (SSSR count). The van der Waals surface area contributed by atoms with E-state index < -0.39 is 9.05 Å². The second kappa shape index (κ2) is 6.10.